The van der Waals surface area contributed by atoms with Crippen molar-refractivity contribution in [2.75, 3.05) is 36.8 Å². The van der Waals surface area contributed by atoms with Crippen molar-refractivity contribution in [2.24, 2.45) is 0 Å². The molecule has 1 aliphatic heterocycles. The van der Waals surface area contributed by atoms with Crippen molar-refractivity contribution in [2.45, 2.75) is 30.8 Å². The summed E-state index contributed by atoms with van der Waals surface area (Å²) in [5.41, 5.74) is 6.67. The molecule has 1 saturated heterocycles. The lowest BCUT2D eigenvalue weighted by molar-refractivity contribution is -0.146. The van der Waals surface area contributed by atoms with Gasteiger partial charge in [-0.05, 0) is 43.7 Å². The van der Waals surface area contributed by atoms with E-state index in [-0.39, 0.29) is 5.56 Å². The van der Waals surface area contributed by atoms with Gasteiger partial charge in [-0.1, -0.05) is 12.1 Å². The van der Waals surface area contributed by atoms with Gasteiger partial charge in [0.15, 0.2) is 0 Å². The van der Waals surface area contributed by atoms with Gasteiger partial charge >= 0.3 is 6.18 Å². The molecule has 0 radical (unpaired) electrons. The highest BCUT2D eigenvalue weighted by Crippen LogP contribution is 2.35. The Morgan fingerprint density at radius 1 is 1.13 bits per heavy atom. The van der Waals surface area contributed by atoms with Gasteiger partial charge in [0.1, 0.15) is 16.8 Å². The zero-order valence-electron chi connectivity index (χ0n) is 16.9. The standard InChI is InChI=1S/C18H21F3N4OS.C3H4/c1-13(18(19,20)21)14-2-4-15(5-3-14)24-8-10-25(11-9-24)27(26)16-6-7-17(22)23-12-16;1-3-2/h2-7,12-13H,8-11H2,1H3,(H2,22,23);1H,2H3. The lowest BCUT2D eigenvalue weighted by Crippen LogP contribution is -2.46. The second kappa shape index (κ2) is 10.5. The van der Waals surface area contributed by atoms with E-state index < -0.39 is 23.1 Å². The number of halogens is 3. The number of anilines is 2. The quantitative estimate of drug-likeness (QED) is 0.738. The van der Waals surface area contributed by atoms with Gasteiger partial charge in [-0.3, -0.25) is 0 Å². The predicted octanol–water partition coefficient (Wildman–Crippen LogP) is 3.81. The third kappa shape index (κ3) is 6.21. The molecule has 2 atom stereocenters. The zero-order chi connectivity index (χ0) is 22.3. The van der Waals surface area contributed by atoms with Crippen molar-refractivity contribution in [1.29, 1.82) is 0 Å². The molecule has 0 spiro atoms. The van der Waals surface area contributed by atoms with Gasteiger partial charge in [0, 0.05) is 38.1 Å². The average Bonchev–Trinajstić information content (AvgIpc) is 2.73. The van der Waals surface area contributed by atoms with E-state index in [1.807, 2.05) is 4.31 Å². The summed E-state index contributed by atoms with van der Waals surface area (Å²) >= 11 is 0. The molecular formula is C21H25F3N4OS. The highest BCUT2D eigenvalue weighted by Gasteiger charge is 2.37. The molecule has 3 rings (SSSR count). The van der Waals surface area contributed by atoms with Crippen LogP contribution in [0.2, 0.25) is 0 Å². The molecule has 0 bridgehead atoms. The third-order valence-corrected chi connectivity index (χ3v) is 6.16. The number of rotatable bonds is 4. The first-order chi connectivity index (χ1) is 14.2. The van der Waals surface area contributed by atoms with Crippen LogP contribution < -0.4 is 10.6 Å². The first kappa shape index (κ1) is 23.7. The van der Waals surface area contributed by atoms with Gasteiger partial charge < -0.3 is 10.6 Å². The molecule has 1 aromatic carbocycles. The highest BCUT2D eigenvalue weighted by molar-refractivity contribution is 7.82. The Balaban J connectivity index is 0.00000101. The number of hydrogen-bond acceptors (Lipinski definition) is 4. The monoisotopic (exact) mass is 438 g/mol. The van der Waals surface area contributed by atoms with Crippen LogP contribution in [0.15, 0.2) is 47.5 Å². The van der Waals surface area contributed by atoms with Crippen molar-refractivity contribution < 1.29 is 17.4 Å². The SMILES string of the molecule is C#CC.CC(c1ccc(N2CCN(S(=O)c3ccc(N)nc3)CC2)cc1)C(F)(F)F. The lowest BCUT2D eigenvalue weighted by atomic mass is 10.0. The Morgan fingerprint density at radius 2 is 1.70 bits per heavy atom. The molecule has 1 aliphatic rings. The number of hydrogen-bond donors (Lipinski definition) is 1. The number of pyridine rings is 1. The van der Waals surface area contributed by atoms with Crippen LogP contribution in [0.4, 0.5) is 24.7 Å². The fourth-order valence-electron chi connectivity index (χ4n) is 2.92. The molecule has 1 fully saturated rings. The van der Waals surface area contributed by atoms with E-state index in [4.69, 9.17) is 5.73 Å². The first-order valence-electron chi connectivity index (χ1n) is 9.34. The van der Waals surface area contributed by atoms with E-state index in [9.17, 15) is 17.4 Å². The van der Waals surface area contributed by atoms with Crippen LogP contribution in [-0.4, -0.2) is 45.9 Å². The smallest absolute Gasteiger partial charge is 0.384 e. The molecular weight excluding hydrogens is 413 g/mol. The van der Waals surface area contributed by atoms with Gasteiger partial charge in [0.25, 0.3) is 0 Å². The van der Waals surface area contributed by atoms with E-state index in [0.717, 1.165) is 12.6 Å². The van der Waals surface area contributed by atoms with E-state index >= 15 is 0 Å². The summed E-state index contributed by atoms with van der Waals surface area (Å²) in [6, 6.07) is 9.80. The summed E-state index contributed by atoms with van der Waals surface area (Å²) in [6.07, 6.45) is 1.87. The molecule has 2 N–H and O–H groups in total. The summed E-state index contributed by atoms with van der Waals surface area (Å²) in [4.78, 5) is 6.65. The van der Waals surface area contributed by atoms with Crippen LogP contribution in [-0.2, 0) is 11.0 Å². The Kier molecular flexibility index (Phi) is 8.26. The van der Waals surface area contributed by atoms with E-state index in [0.29, 0.717) is 36.9 Å². The van der Waals surface area contributed by atoms with Crippen LogP contribution >= 0.6 is 0 Å². The van der Waals surface area contributed by atoms with E-state index in [1.165, 1.54) is 18.3 Å². The normalized spacial score (nSPS) is 16.7. The Bertz CT molecular complexity index is 871. The fourth-order valence-corrected chi connectivity index (χ4v) is 4.04. The largest absolute Gasteiger partial charge is 0.395 e. The molecule has 9 heteroatoms. The van der Waals surface area contributed by atoms with E-state index in [2.05, 4.69) is 22.2 Å². The van der Waals surface area contributed by atoms with Crippen molar-refractivity contribution in [3.05, 3.63) is 48.2 Å². The first-order valence-corrected chi connectivity index (χ1v) is 10.5. The Labute approximate surface area is 177 Å². The molecule has 30 heavy (non-hydrogen) atoms. The number of terminal acetylenes is 1. The molecule has 5 nitrogen and oxygen atoms in total. The maximum atomic E-state index is 12.8. The minimum atomic E-state index is -4.24. The van der Waals surface area contributed by atoms with Crippen LogP contribution in [0.25, 0.3) is 0 Å². The van der Waals surface area contributed by atoms with Crippen molar-refractivity contribution in [3.63, 3.8) is 0 Å². The summed E-state index contributed by atoms with van der Waals surface area (Å²) in [5.74, 6) is 1.14. The van der Waals surface area contributed by atoms with Gasteiger partial charge in [0.05, 0.1) is 10.8 Å². The maximum absolute atomic E-state index is 12.8. The lowest BCUT2D eigenvalue weighted by Gasteiger charge is -2.35. The van der Waals surface area contributed by atoms with Gasteiger partial charge in [-0.25, -0.2) is 13.5 Å². The number of nitrogens with two attached hydrogens (primary N) is 1. The fraction of sp³-hybridized carbons (Fsp3) is 0.381. The average molecular weight is 439 g/mol. The van der Waals surface area contributed by atoms with Crippen molar-refractivity contribution in [3.8, 4) is 12.3 Å². The number of nitrogen functional groups attached to an aromatic ring is 1. The molecule has 2 aromatic rings. The van der Waals surface area contributed by atoms with Crippen LogP contribution in [0.5, 0.6) is 0 Å². The number of aromatic nitrogens is 1. The molecule has 1 aromatic heterocycles. The van der Waals surface area contributed by atoms with Gasteiger partial charge in [-0.15, -0.1) is 12.3 Å². The van der Waals surface area contributed by atoms with Crippen molar-refractivity contribution >= 4 is 22.5 Å². The van der Waals surface area contributed by atoms with Crippen LogP contribution in [0.1, 0.15) is 25.3 Å². The number of piperazine rings is 1. The molecule has 2 heterocycles. The van der Waals surface area contributed by atoms with Crippen molar-refractivity contribution in [1.82, 2.24) is 9.29 Å². The molecule has 2 unspecified atom stereocenters. The van der Waals surface area contributed by atoms with Crippen LogP contribution in [0, 0.1) is 12.3 Å². The summed E-state index contributed by atoms with van der Waals surface area (Å²) < 4.78 is 52.9. The minimum Gasteiger partial charge on any atom is -0.384 e. The minimum absolute atomic E-state index is 0.252. The summed E-state index contributed by atoms with van der Waals surface area (Å²) in [5, 5.41) is 0. The second-order valence-electron chi connectivity index (χ2n) is 6.73. The van der Waals surface area contributed by atoms with E-state index in [1.54, 1.807) is 31.2 Å². The topological polar surface area (TPSA) is 62.5 Å². The highest BCUT2D eigenvalue weighted by atomic mass is 32.2. The molecule has 0 aliphatic carbocycles. The summed E-state index contributed by atoms with van der Waals surface area (Å²) in [7, 11) is -1.31. The molecule has 0 saturated carbocycles. The molecule has 162 valence electrons. The maximum Gasteiger partial charge on any atom is 0.395 e. The Morgan fingerprint density at radius 3 is 2.17 bits per heavy atom. The number of alkyl halides is 3. The third-order valence-electron chi connectivity index (χ3n) is 4.68. The second-order valence-corrected chi connectivity index (χ2v) is 8.21. The van der Waals surface area contributed by atoms with Crippen LogP contribution in [0.3, 0.4) is 0 Å². The predicted molar refractivity (Wildman–Crippen MR) is 114 cm³/mol. The van der Waals surface area contributed by atoms with Gasteiger partial charge in [-0.2, -0.15) is 13.2 Å². The number of nitrogens with zero attached hydrogens (tertiary/aromatic N) is 3. The zero-order valence-corrected chi connectivity index (χ0v) is 17.7. The van der Waals surface area contributed by atoms with Gasteiger partial charge in [0.2, 0.25) is 0 Å². The summed E-state index contributed by atoms with van der Waals surface area (Å²) in [6.45, 7) is 5.26. The molecule has 0 amide bonds. The number of benzene rings is 1. The Hall–Kier alpha value is -2.57.